The van der Waals surface area contributed by atoms with Gasteiger partial charge in [0, 0.05) is 35.0 Å². The number of H-pyrrole nitrogens is 1. The van der Waals surface area contributed by atoms with E-state index < -0.39 is 17.6 Å². The first kappa shape index (κ1) is 17.7. The minimum atomic E-state index is -4.43. The van der Waals surface area contributed by atoms with Gasteiger partial charge in [0.1, 0.15) is 5.52 Å². The van der Waals surface area contributed by atoms with Gasteiger partial charge in [0.15, 0.2) is 5.65 Å². The number of hydrogen-bond donors (Lipinski definition) is 2. The summed E-state index contributed by atoms with van der Waals surface area (Å²) in [6.45, 7) is 0. The van der Waals surface area contributed by atoms with E-state index in [2.05, 4.69) is 19.9 Å². The predicted octanol–water partition coefficient (Wildman–Crippen LogP) is 3.69. The number of nitrogens with two attached hydrogens (primary N) is 1. The number of carbonyl (C=O) groups excluding carboxylic acids is 1. The largest absolute Gasteiger partial charge is 0.416 e. The number of primary amides is 1. The van der Waals surface area contributed by atoms with Crippen molar-refractivity contribution in [3.63, 3.8) is 0 Å². The predicted molar refractivity (Wildman–Crippen MR) is 97.9 cm³/mol. The molecule has 28 heavy (non-hydrogen) atoms. The van der Waals surface area contributed by atoms with Gasteiger partial charge in [-0.1, -0.05) is 0 Å². The lowest BCUT2D eigenvalue weighted by Gasteiger charge is -2.08. The van der Waals surface area contributed by atoms with Crippen LogP contribution in [0.25, 0.3) is 39.4 Å². The Bertz CT molecular complexity index is 1240. The molecule has 0 unspecified atom stereocenters. The van der Waals surface area contributed by atoms with Gasteiger partial charge in [-0.3, -0.25) is 9.78 Å². The SMILES string of the molecule is NC(=O)C=Cc1c[nH]c2ncc(-c3cnc4ccc(C(F)(F)F)cc4c3)nc12. The fourth-order valence-electron chi connectivity index (χ4n) is 2.80. The van der Waals surface area contributed by atoms with Crippen molar-refractivity contribution < 1.29 is 18.0 Å². The van der Waals surface area contributed by atoms with Gasteiger partial charge in [-0.05, 0) is 30.3 Å². The molecule has 140 valence electrons. The maximum absolute atomic E-state index is 13.0. The molecule has 0 aliphatic heterocycles. The third-order valence-electron chi connectivity index (χ3n) is 4.14. The number of aromatic amines is 1. The fraction of sp³-hybridized carbons (Fsp3) is 0.0526. The zero-order chi connectivity index (χ0) is 19.9. The molecule has 9 heteroatoms. The Morgan fingerprint density at radius 3 is 2.71 bits per heavy atom. The average Bonchev–Trinajstić information content (AvgIpc) is 3.07. The summed E-state index contributed by atoms with van der Waals surface area (Å²) in [6, 6.07) is 4.96. The number of halogens is 3. The van der Waals surface area contributed by atoms with Crippen molar-refractivity contribution in [2.75, 3.05) is 0 Å². The van der Waals surface area contributed by atoms with Crippen LogP contribution in [0.2, 0.25) is 0 Å². The van der Waals surface area contributed by atoms with E-state index in [0.29, 0.717) is 38.9 Å². The number of aromatic nitrogens is 4. The summed E-state index contributed by atoms with van der Waals surface area (Å²) in [7, 11) is 0. The van der Waals surface area contributed by atoms with Crippen molar-refractivity contribution in [3.8, 4) is 11.3 Å². The molecule has 0 bridgehead atoms. The van der Waals surface area contributed by atoms with Crippen LogP contribution < -0.4 is 5.73 Å². The van der Waals surface area contributed by atoms with Crippen LogP contribution in [0.3, 0.4) is 0 Å². The summed E-state index contributed by atoms with van der Waals surface area (Å²) < 4.78 is 38.9. The minimum absolute atomic E-state index is 0.345. The molecule has 0 fully saturated rings. The summed E-state index contributed by atoms with van der Waals surface area (Å²) in [6.07, 6.45) is 2.92. The summed E-state index contributed by atoms with van der Waals surface area (Å²) in [5.41, 5.74) is 7.37. The highest BCUT2D eigenvalue weighted by molar-refractivity contribution is 5.94. The second-order valence-corrected chi connectivity index (χ2v) is 6.06. The molecule has 3 aromatic heterocycles. The van der Waals surface area contributed by atoms with E-state index in [4.69, 9.17) is 5.73 Å². The summed E-state index contributed by atoms with van der Waals surface area (Å²) in [5, 5.41) is 0.345. The molecule has 4 aromatic rings. The highest BCUT2D eigenvalue weighted by Gasteiger charge is 2.30. The summed E-state index contributed by atoms with van der Waals surface area (Å²) in [4.78, 5) is 26.8. The van der Waals surface area contributed by atoms with Crippen molar-refractivity contribution in [1.82, 2.24) is 19.9 Å². The van der Waals surface area contributed by atoms with E-state index in [1.807, 2.05) is 0 Å². The topological polar surface area (TPSA) is 97.6 Å². The van der Waals surface area contributed by atoms with Crippen LogP contribution in [-0.2, 0) is 11.0 Å². The molecule has 3 N–H and O–H groups in total. The zero-order valence-corrected chi connectivity index (χ0v) is 14.2. The molecule has 0 saturated carbocycles. The van der Waals surface area contributed by atoms with E-state index >= 15 is 0 Å². The van der Waals surface area contributed by atoms with E-state index in [-0.39, 0.29) is 0 Å². The van der Waals surface area contributed by atoms with E-state index in [1.54, 1.807) is 12.3 Å². The number of nitrogens with one attached hydrogen (secondary N) is 1. The van der Waals surface area contributed by atoms with Crippen LogP contribution in [0.5, 0.6) is 0 Å². The number of carbonyl (C=O) groups is 1. The van der Waals surface area contributed by atoms with Gasteiger partial charge in [-0.2, -0.15) is 13.2 Å². The van der Waals surface area contributed by atoms with Gasteiger partial charge in [0.05, 0.1) is 23.0 Å². The third-order valence-corrected chi connectivity index (χ3v) is 4.14. The Kier molecular flexibility index (Phi) is 4.07. The number of nitrogens with zero attached hydrogens (tertiary/aromatic N) is 3. The quantitative estimate of drug-likeness (QED) is 0.527. The number of rotatable bonds is 3. The molecule has 1 aromatic carbocycles. The number of alkyl halides is 3. The summed E-state index contributed by atoms with van der Waals surface area (Å²) >= 11 is 0. The van der Waals surface area contributed by atoms with E-state index in [0.717, 1.165) is 12.1 Å². The first-order valence-corrected chi connectivity index (χ1v) is 8.10. The van der Waals surface area contributed by atoms with Gasteiger partial charge in [-0.15, -0.1) is 0 Å². The van der Waals surface area contributed by atoms with Crippen LogP contribution in [0.15, 0.2) is 48.9 Å². The Labute approximate surface area is 155 Å². The summed E-state index contributed by atoms with van der Waals surface area (Å²) in [5.74, 6) is -0.599. The first-order chi connectivity index (χ1) is 13.3. The van der Waals surface area contributed by atoms with Crippen molar-refractivity contribution >= 4 is 34.1 Å². The number of fused-ring (bicyclic) bond motifs is 2. The molecule has 0 radical (unpaired) electrons. The second kappa shape index (κ2) is 6.45. The van der Waals surface area contributed by atoms with Crippen LogP contribution in [0, 0.1) is 0 Å². The number of hydrogen-bond acceptors (Lipinski definition) is 4. The Morgan fingerprint density at radius 1 is 1.14 bits per heavy atom. The molecule has 0 spiro atoms. The van der Waals surface area contributed by atoms with E-state index in [1.165, 1.54) is 30.6 Å². The molecule has 1 amide bonds. The maximum atomic E-state index is 13.0. The highest BCUT2D eigenvalue weighted by Crippen LogP contribution is 2.32. The molecule has 6 nitrogen and oxygen atoms in total. The molecule has 0 saturated heterocycles. The Balaban J connectivity index is 1.81. The van der Waals surface area contributed by atoms with Crippen molar-refractivity contribution in [1.29, 1.82) is 0 Å². The van der Waals surface area contributed by atoms with Crippen LogP contribution in [0.4, 0.5) is 13.2 Å². The molecule has 0 aliphatic carbocycles. The van der Waals surface area contributed by atoms with Crippen LogP contribution in [-0.4, -0.2) is 25.8 Å². The molecule has 4 rings (SSSR count). The van der Waals surface area contributed by atoms with Gasteiger partial charge < -0.3 is 10.7 Å². The molecule has 0 atom stereocenters. The van der Waals surface area contributed by atoms with Crippen LogP contribution >= 0.6 is 0 Å². The highest BCUT2D eigenvalue weighted by atomic mass is 19.4. The minimum Gasteiger partial charge on any atom is -0.366 e. The normalized spacial score (nSPS) is 12.2. The van der Waals surface area contributed by atoms with Gasteiger partial charge >= 0.3 is 6.18 Å². The van der Waals surface area contributed by atoms with Gasteiger partial charge in [0.2, 0.25) is 5.91 Å². The Morgan fingerprint density at radius 2 is 1.96 bits per heavy atom. The molecular formula is C19H12F3N5O. The number of amides is 1. The fourth-order valence-corrected chi connectivity index (χ4v) is 2.80. The third kappa shape index (κ3) is 3.29. The lowest BCUT2D eigenvalue weighted by atomic mass is 10.1. The molecular weight excluding hydrogens is 371 g/mol. The average molecular weight is 383 g/mol. The number of pyridine rings is 1. The standard InChI is InChI=1S/C19H12F3N5O/c20-19(21,22)13-2-3-14-11(6-13)5-12(8-24-14)15-9-26-18-17(27-15)10(7-25-18)1-4-16(23)28/h1-9H,(H2,23,28)(H,25,26). The van der Waals surface area contributed by atoms with Gasteiger partial charge in [0.25, 0.3) is 0 Å². The lowest BCUT2D eigenvalue weighted by Crippen LogP contribution is -2.05. The van der Waals surface area contributed by atoms with E-state index in [9.17, 15) is 18.0 Å². The second-order valence-electron chi connectivity index (χ2n) is 6.06. The molecule has 0 aliphatic rings. The maximum Gasteiger partial charge on any atom is 0.416 e. The van der Waals surface area contributed by atoms with Crippen molar-refractivity contribution in [2.24, 2.45) is 5.73 Å². The lowest BCUT2D eigenvalue weighted by molar-refractivity contribution is -0.137. The zero-order valence-electron chi connectivity index (χ0n) is 14.2. The van der Waals surface area contributed by atoms with Crippen molar-refractivity contribution in [3.05, 3.63) is 60.1 Å². The number of benzene rings is 1. The van der Waals surface area contributed by atoms with Crippen LogP contribution in [0.1, 0.15) is 11.1 Å². The monoisotopic (exact) mass is 383 g/mol. The Hall–Kier alpha value is -3.75. The van der Waals surface area contributed by atoms with Gasteiger partial charge in [-0.25, -0.2) is 9.97 Å². The molecule has 3 heterocycles. The van der Waals surface area contributed by atoms with Crippen molar-refractivity contribution in [2.45, 2.75) is 6.18 Å². The first-order valence-electron chi connectivity index (χ1n) is 8.10. The smallest absolute Gasteiger partial charge is 0.366 e.